The average molecular weight is 409 g/mol. The van der Waals surface area contributed by atoms with Gasteiger partial charge in [-0.3, -0.25) is 9.78 Å². The van der Waals surface area contributed by atoms with Gasteiger partial charge in [-0.2, -0.15) is 0 Å². The molecule has 0 radical (unpaired) electrons. The van der Waals surface area contributed by atoms with E-state index < -0.39 is 5.60 Å². The van der Waals surface area contributed by atoms with Gasteiger partial charge in [0.05, 0.1) is 17.3 Å². The van der Waals surface area contributed by atoms with Gasteiger partial charge in [0.15, 0.2) is 0 Å². The second kappa shape index (κ2) is 7.82. The number of halogens is 1. The summed E-state index contributed by atoms with van der Waals surface area (Å²) < 4.78 is 5.34. The molecule has 0 aromatic carbocycles. The van der Waals surface area contributed by atoms with Crippen molar-refractivity contribution in [3.8, 4) is 0 Å². The van der Waals surface area contributed by atoms with Crippen molar-refractivity contribution < 1.29 is 14.3 Å². The van der Waals surface area contributed by atoms with E-state index in [0.29, 0.717) is 29.5 Å². The predicted octanol–water partition coefficient (Wildman–Crippen LogP) is 3.46. The topological polar surface area (TPSA) is 84.4 Å². The smallest absolute Gasteiger partial charge is 0.410 e. The number of carbonyl (C=O) groups excluding carboxylic acids is 2. The molecule has 3 rings (SSSR count). The third-order valence-corrected chi connectivity index (χ3v) is 5.24. The fourth-order valence-corrected chi connectivity index (χ4v) is 3.57. The highest BCUT2D eigenvalue weighted by Crippen LogP contribution is 2.30. The number of hydrogen-bond acceptors (Lipinski definition) is 6. The summed E-state index contributed by atoms with van der Waals surface area (Å²) in [6.45, 7) is 6.85. The maximum atomic E-state index is 12.3. The normalized spacial score (nSPS) is 14.6. The van der Waals surface area contributed by atoms with Crippen molar-refractivity contribution in [2.75, 3.05) is 13.1 Å². The molecule has 0 saturated carbocycles. The van der Waals surface area contributed by atoms with E-state index in [2.05, 4.69) is 15.3 Å². The molecule has 144 valence electrons. The van der Waals surface area contributed by atoms with Crippen molar-refractivity contribution in [1.29, 1.82) is 0 Å². The van der Waals surface area contributed by atoms with Crippen LogP contribution in [0.25, 0.3) is 0 Å². The van der Waals surface area contributed by atoms with E-state index in [9.17, 15) is 9.59 Å². The monoisotopic (exact) mass is 408 g/mol. The Bertz CT molecular complexity index is 843. The Morgan fingerprint density at radius 1 is 1.41 bits per heavy atom. The summed E-state index contributed by atoms with van der Waals surface area (Å²) in [6.07, 6.45) is 1.31. The molecule has 2 amide bonds. The molecular weight excluding hydrogens is 388 g/mol. The number of rotatable bonds is 4. The average Bonchev–Trinajstić information content (AvgIpc) is 3.00. The van der Waals surface area contributed by atoms with Crippen LogP contribution in [0.4, 0.5) is 4.79 Å². The number of nitrogens with one attached hydrogen (secondary N) is 1. The number of nitrogens with zero attached hydrogens (tertiary/aromatic N) is 3. The number of ether oxygens (including phenoxy) is 1. The predicted molar refractivity (Wildman–Crippen MR) is 103 cm³/mol. The lowest BCUT2D eigenvalue weighted by atomic mass is 10.0. The molecule has 2 aromatic heterocycles. The first kappa shape index (κ1) is 19.6. The molecule has 1 N–H and O–H groups in total. The van der Waals surface area contributed by atoms with Gasteiger partial charge >= 0.3 is 6.09 Å². The molecule has 1 fully saturated rings. The van der Waals surface area contributed by atoms with E-state index in [0.717, 1.165) is 5.01 Å². The van der Waals surface area contributed by atoms with E-state index in [4.69, 9.17) is 16.3 Å². The maximum Gasteiger partial charge on any atom is 0.410 e. The molecule has 2 aromatic rings. The molecule has 0 unspecified atom stereocenters. The van der Waals surface area contributed by atoms with E-state index in [-0.39, 0.29) is 24.5 Å². The van der Waals surface area contributed by atoms with Gasteiger partial charge in [0, 0.05) is 30.6 Å². The van der Waals surface area contributed by atoms with Gasteiger partial charge in [-0.15, -0.1) is 11.3 Å². The zero-order valence-electron chi connectivity index (χ0n) is 15.4. The van der Waals surface area contributed by atoms with Crippen LogP contribution < -0.4 is 5.32 Å². The molecule has 7 nitrogen and oxygen atoms in total. The summed E-state index contributed by atoms with van der Waals surface area (Å²) in [6, 6.07) is 3.46. The van der Waals surface area contributed by atoms with Gasteiger partial charge < -0.3 is 15.0 Å². The Balaban J connectivity index is 1.51. The zero-order valence-corrected chi connectivity index (χ0v) is 16.9. The first-order chi connectivity index (χ1) is 12.7. The van der Waals surface area contributed by atoms with Crippen LogP contribution in [0.5, 0.6) is 0 Å². The van der Waals surface area contributed by atoms with Crippen LogP contribution in [0.15, 0.2) is 23.7 Å². The van der Waals surface area contributed by atoms with Gasteiger partial charge in [0.25, 0.3) is 5.91 Å². The Labute approximate surface area is 166 Å². The number of amides is 2. The number of hydrogen-bond donors (Lipinski definition) is 1. The van der Waals surface area contributed by atoms with E-state index in [1.807, 2.05) is 20.8 Å². The van der Waals surface area contributed by atoms with Crippen LogP contribution in [0.2, 0.25) is 5.02 Å². The minimum Gasteiger partial charge on any atom is -0.444 e. The van der Waals surface area contributed by atoms with Gasteiger partial charge in [-0.1, -0.05) is 11.6 Å². The summed E-state index contributed by atoms with van der Waals surface area (Å²) in [5.74, 6) is -0.142. The zero-order chi connectivity index (χ0) is 19.6. The van der Waals surface area contributed by atoms with Crippen molar-refractivity contribution in [3.63, 3.8) is 0 Å². The molecular formula is C18H21ClN4O3S. The Morgan fingerprint density at radius 3 is 2.81 bits per heavy atom. The van der Waals surface area contributed by atoms with Crippen LogP contribution in [0, 0.1) is 0 Å². The fraction of sp³-hybridized carbons (Fsp3) is 0.444. The maximum absolute atomic E-state index is 12.3. The van der Waals surface area contributed by atoms with Crippen LogP contribution >= 0.6 is 22.9 Å². The molecule has 0 atom stereocenters. The molecule has 1 aliphatic rings. The lowest BCUT2D eigenvalue weighted by Crippen LogP contribution is -2.50. The third-order valence-electron chi connectivity index (χ3n) is 3.89. The van der Waals surface area contributed by atoms with Crippen molar-refractivity contribution in [3.05, 3.63) is 45.1 Å². The highest BCUT2D eigenvalue weighted by atomic mass is 35.5. The minimum atomic E-state index is -0.509. The summed E-state index contributed by atoms with van der Waals surface area (Å²) in [7, 11) is 0. The largest absolute Gasteiger partial charge is 0.444 e. The summed E-state index contributed by atoms with van der Waals surface area (Å²) in [5.41, 5.74) is 0.457. The quantitative estimate of drug-likeness (QED) is 0.837. The van der Waals surface area contributed by atoms with Crippen LogP contribution in [0.3, 0.4) is 0 Å². The van der Waals surface area contributed by atoms with Crippen LogP contribution in [-0.4, -0.2) is 45.6 Å². The van der Waals surface area contributed by atoms with Gasteiger partial charge in [-0.05, 0) is 32.9 Å². The molecule has 1 saturated heterocycles. The van der Waals surface area contributed by atoms with Crippen molar-refractivity contribution in [2.45, 2.75) is 38.8 Å². The standard InChI is InChI=1S/C18H21ClN4O3S/c1-18(2,3)26-17(25)23-8-11(9-23)16-22-14(10-27-16)15(24)21-7-13-12(19)5-4-6-20-13/h4-6,10-11H,7-9H2,1-3H3,(H,21,24). The Kier molecular flexibility index (Phi) is 5.67. The Morgan fingerprint density at radius 2 is 2.15 bits per heavy atom. The highest BCUT2D eigenvalue weighted by Gasteiger charge is 2.36. The van der Waals surface area contributed by atoms with Gasteiger partial charge in [0.1, 0.15) is 16.3 Å². The number of likely N-dealkylation sites (tertiary alicyclic amines) is 1. The second-order valence-electron chi connectivity index (χ2n) is 7.27. The number of thiazole rings is 1. The minimum absolute atomic E-state index is 0.134. The fourth-order valence-electron chi connectivity index (χ4n) is 2.49. The van der Waals surface area contributed by atoms with E-state index in [1.165, 1.54) is 11.3 Å². The van der Waals surface area contributed by atoms with Crippen LogP contribution in [0.1, 0.15) is 47.9 Å². The van der Waals surface area contributed by atoms with Crippen molar-refractivity contribution in [2.24, 2.45) is 0 Å². The van der Waals surface area contributed by atoms with Crippen LogP contribution in [-0.2, 0) is 11.3 Å². The molecule has 9 heteroatoms. The first-order valence-corrected chi connectivity index (χ1v) is 9.79. The molecule has 0 aliphatic carbocycles. The van der Waals surface area contributed by atoms with Crippen molar-refractivity contribution in [1.82, 2.24) is 20.2 Å². The number of aromatic nitrogens is 2. The van der Waals surface area contributed by atoms with E-state index in [1.54, 1.807) is 28.6 Å². The molecule has 0 spiro atoms. The first-order valence-electron chi connectivity index (χ1n) is 8.54. The summed E-state index contributed by atoms with van der Waals surface area (Å²) in [5, 5.41) is 5.85. The molecule has 3 heterocycles. The summed E-state index contributed by atoms with van der Waals surface area (Å²) >= 11 is 7.46. The number of carbonyl (C=O) groups is 2. The van der Waals surface area contributed by atoms with Gasteiger partial charge in [-0.25, -0.2) is 9.78 Å². The second-order valence-corrected chi connectivity index (χ2v) is 8.56. The number of pyridine rings is 1. The lowest BCUT2D eigenvalue weighted by Gasteiger charge is -2.38. The highest BCUT2D eigenvalue weighted by molar-refractivity contribution is 7.10. The molecule has 0 bridgehead atoms. The Hall–Kier alpha value is -2.19. The molecule has 1 aliphatic heterocycles. The summed E-state index contributed by atoms with van der Waals surface area (Å²) in [4.78, 5) is 34.4. The molecule has 27 heavy (non-hydrogen) atoms. The van der Waals surface area contributed by atoms with E-state index >= 15 is 0 Å². The SMILES string of the molecule is CC(C)(C)OC(=O)N1CC(c2nc(C(=O)NCc3ncccc3Cl)cs2)C1. The van der Waals surface area contributed by atoms with Crippen molar-refractivity contribution >= 4 is 34.9 Å². The van der Waals surface area contributed by atoms with Gasteiger partial charge in [0.2, 0.25) is 0 Å². The third kappa shape index (κ3) is 4.95. The lowest BCUT2D eigenvalue weighted by molar-refractivity contribution is 0.00815.